The molecule has 5 heteroatoms. The van der Waals surface area contributed by atoms with E-state index in [4.69, 9.17) is 24.1 Å². The zero-order chi connectivity index (χ0) is 37.0. The Balaban J connectivity index is 0.913. The van der Waals surface area contributed by atoms with Gasteiger partial charge >= 0.3 is 0 Å². The van der Waals surface area contributed by atoms with Crippen LogP contribution in [0.25, 0.3) is 83.9 Å². The van der Waals surface area contributed by atoms with Gasteiger partial charge in [-0.3, -0.25) is 0 Å². The van der Waals surface area contributed by atoms with Crippen LogP contribution in [0, 0.1) is 0 Å². The molecule has 9 aromatic rings. The first-order chi connectivity index (χ1) is 27.7. The summed E-state index contributed by atoms with van der Waals surface area (Å²) in [5.41, 5.74) is 12.7. The van der Waals surface area contributed by atoms with E-state index >= 15 is 0 Å². The van der Waals surface area contributed by atoms with Crippen LogP contribution in [0.3, 0.4) is 0 Å². The zero-order valence-electron chi connectivity index (χ0n) is 30.2. The lowest BCUT2D eigenvalue weighted by atomic mass is 9.81. The van der Waals surface area contributed by atoms with E-state index in [2.05, 4.69) is 121 Å². The summed E-state index contributed by atoms with van der Waals surface area (Å²) < 4.78 is 12.7. The molecule has 3 heterocycles. The van der Waals surface area contributed by atoms with Crippen LogP contribution in [0.15, 0.2) is 193 Å². The van der Waals surface area contributed by atoms with Crippen molar-refractivity contribution in [3.63, 3.8) is 0 Å². The van der Waals surface area contributed by atoms with Crippen molar-refractivity contribution in [2.45, 2.75) is 12.0 Å². The summed E-state index contributed by atoms with van der Waals surface area (Å²) in [6.07, 6.45) is 6.43. The van der Waals surface area contributed by atoms with Gasteiger partial charge < -0.3 is 9.15 Å². The molecule has 0 bridgehead atoms. The molecule has 0 saturated carbocycles. The van der Waals surface area contributed by atoms with Crippen LogP contribution in [0.4, 0.5) is 0 Å². The fraction of sp³-hybridized carbons (Fsp3) is 0.0392. The van der Waals surface area contributed by atoms with Crippen molar-refractivity contribution in [3.05, 3.63) is 199 Å². The molecule has 2 unspecified atom stereocenters. The van der Waals surface area contributed by atoms with E-state index in [-0.39, 0.29) is 12.0 Å². The molecule has 56 heavy (non-hydrogen) atoms. The van der Waals surface area contributed by atoms with Crippen molar-refractivity contribution in [1.29, 1.82) is 0 Å². The molecule has 0 fully saturated rings. The van der Waals surface area contributed by atoms with Crippen LogP contribution in [0.5, 0.6) is 5.75 Å². The molecule has 0 amide bonds. The van der Waals surface area contributed by atoms with Gasteiger partial charge in [0, 0.05) is 33.0 Å². The molecular weight excluding hydrogens is 687 g/mol. The van der Waals surface area contributed by atoms with E-state index in [0.717, 1.165) is 55.5 Å². The Hall–Kier alpha value is -7.37. The van der Waals surface area contributed by atoms with E-state index in [1.54, 1.807) is 0 Å². The fourth-order valence-corrected chi connectivity index (χ4v) is 8.12. The van der Waals surface area contributed by atoms with Gasteiger partial charge in [0.1, 0.15) is 23.0 Å². The maximum absolute atomic E-state index is 6.61. The number of para-hydroxylation sites is 1. The van der Waals surface area contributed by atoms with Crippen molar-refractivity contribution >= 4 is 27.5 Å². The minimum atomic E-state index is -0.0652. The molecule has 5 nitrogen and oxygen atoms in total. The average molecular weight is 720 g/mol. The number of ether oxygens (including phenoxy) is 1. The van der Waals surface area contributed by atoms with Crippen molar-refractivity contribution in [2.75, 3.05) is 0 Å². The Kier molecular flexibility index (Phi) is 7.56. The number of nitrogens with zero attached hydrogens (tertiary/aromatic N) is 3. The van der Waals surface area contributed by atoms with Gasteiger partial charge in [-0.25, -0.2) is 15.0 Å². The van der Waals surface area contributed by atoms with Crippen LogP contribution in [-0.4, -0.2) is 21.1 Å². The second-order valence-electron chi connectivity index (χ2n) is 14.3. The topological polar surface area (TPSA) is 61.0 Å². The van der Waals surface area contributed by atoms with Crippen LogP contribution in [0.2, 0.25) is 0 Å². The van der Waals surface area contributed by atoms with Crippen molar-refractivity contribution < 1.29 is 9.15 Å². The molecule has 2 atom stereocenters. The number of rotatable bonds is 6. The Morgan fingerprint density at radius 1 is 0.411 bits per heavy atom. The summed E-state index contributed by atoms with van der Waals surface area (Å²) in [7, 11) is 0. The summed E-state index contributed by atoms with van der Waals surface area (Å²) in [5, 5.41) is 2.10. The molecule has 0 spiro atoms. The number of hydrogen-bond donors (Lipinski definition) is 0. The second-order valence-corrected chi connectivity index (χ2v) is 14.3. The maximum Gasteiger partial charge on any atom is 0.164 e. The highest BCUT2D eigenvalue weighted by Crippen LogP contribution is 2.49. The minimum Gasteiger partial charge on any atom is -0.485 e. The molecule has 1 aliphatic carbocycles. The van der Waals surface area contributed by atoms with Gasteiger partial charge in [0.15, 0.2) is 17.5 Å². The number of benzene rings is 7. The summed E-state index contributed by atoms with van der Waals surface area (Å²) in [6, 6.07) is 58.8. The lowest BCUT2D eigenvalue weighted by molar-refractivity contribution is 0.272. The first-order valence-electron chi connectivity index (χ1n) is 18.9. The molecule has 7 aromatic carbocycles. The average Bonchev–Trinajstić information content (AvgIpc) is 3.85. The highest BCUT2D eigenvalue weighted by molar-refractivity contribution is 6.06. The van der Waals surface area contributed by atoms with Gasteiger partial charge in [-0.15, -0.1) is 0 Å². The third-order valence-electron chi connectivity index (χ3n) is 11.0. The lowest BCUT2D eigenvalue weighted by Gasteiger charge is -2.23. The van der Waals surface area contributed by atoms with E-state index in [1.807, 2.05) is 66.7 Å². The standard InChI is InChI=1S/C51H33N3O2/c1-3-10-32(11-4-1)33-18-20-34(21-19-33)38-26-28-42-47(31-38)56-46-17-9-15-40(48(42)46)35-22-24-37(25-23-35)50-52-49(36-12-5-2-6-13-36)53-51(54-50)39-27-29-45-43(30-39)41-14-7-8-16-44(41)55-45/h1-31,46,48H. The maximum atomic E-state index is 6.61. The summed E-state index contributed by atoms with van der Waals surface area (Å²) in [4.78, 5) is 15.0. The minimum absolute atomic E-state index is 0.0652. The molecule has 264 valence electrons. The Labute approximate surface area is 324 Å². The van der Waals surface area contributed by atoms with Crippen LogP contribution in [0.1, 0.15) is 17.0 Å². The summed E-state index contributed by atoms with van der Waals surface area (Å²) in [5.74, 6) is 2.89. The van der Waals surface area contributed by atoms with Gasteiger partial charge in [0.05, 0.1) is 5.92 Å². The molecule has 11 rings (SSSR count). The molecule has 2 aliphatic rings. The van der Waals surface area contributed by atoms with Crippen molar-refractivity contribution in [2.24, 2.45) is 0 Å². The predicted molar refractivity (Wildman–Crippen MR) is 225 cm³/mol. The molecule has 1 aliphatic heterocycles. The van der Waals surface area contributed by atoms with Crippen LogP contribution >= 0.6 is 0 Å². The predicted octanol–water partition coefficient (Wildman–Crippen LogP) is 12.6. The quantitative estimate of drug-likeness (QED) is 0.171. The third kappa shape index (κ3) is 5.60. The van der Waals surface area contributed by atoms with Gasteiger partial charge in [0.25, 0.3) is 0 Å². The van der Waals surface area contributed by atoms with Crippen LogP contribution < -0.4 is 4.74 Å². The van der Waals surface area contributed by atoms with E-state index in [1.165, 1.54) is 27.8 Å². The van der Waals surface area contributed by atoms with Crippen molar-refractivity contribution in [1.82, 2.24) is 15.0 Å². The fourth-order valence-electron chi connectivity index (χ4n) is 8.12. The number of aromatic nitrogens is 3. The Bertz CT molecular complexity index is 2980. The van der Waals surface area contributed by atoms with Gasteiger partial charge in [0.2, 0.25) is 0 Å². The number of furan rings is 1. The third-order valence-corrected chi connectivity index (χ3v) is 11.0. The first kappa shape index (κ1) is 32.1. The first-order valence-corrected chi connectivity index (χ1v) is 18.9. The highest BCUT2D eigenvalue weighted by Gasteiger charge is 2.37. The number of allylic oxidation sites excluding steroid dienone is 2. The lowest BCUT2D eigenvalue weighted by Crippen LogP contribution is -2.19. The molecular formula is C51H33N3O2. The van der Waals surface area contributed by atoms with E-state index < -0.39 is 0 Å². The van der Waals surface area contributed by atoms with E-state index in [0.29, 0.717) is 17.5 Å². The van der Waals surface area contributed by atoms with Gasteiger partial charge in [-0.1, -0.05) is 152 Å². The second kappa shape index (κ2) is 13.2. The normalized spacial score (nSPS) is 15.7. The summed E-state index contributed by atoms with van der Waals surface area (Å²) in [6.45, 7) is 0. The SMILES string of the molecule is C1=CC2Oc3cc(-c4ccc(-c5ccccc5)cc4)ccc3C2C(c2ccc(-c3nc(-c4ccccc4)nc(-c4ccc5oc6ccccc6c5c4)n3)cc2)=C1. The highest BCUT2D eigenvalue weighted by atomic mass is 16.5. The van der Waals surface area contributed by atoms with Gasteiger partial charge in [-0.05, 0) is 69.8 Å². The molecule has 2 aromatic heterocycles. The Morgan fingerprint density at radius 3 is 1.70 bits per heavy atom. The molecule has 0 radical (unpaired) electrons. The largest absolute Gasteiger partial charge is 0.485 e. The van der Waals surface area contributed by atoms with E-state index in [9.17, 15) is 0 Å². The monoisotopic (exact) mass is 719 g/mol. The van der Waals surface area contributed by atoms with Crippen LogP contribution in [-0.2, 0) is 0 Å². The molecule has 0 saturated heterocycles. The molecule has 0 N–H and O–H groups in total. The Morgan fingerprint density at radius 2 is 0.946 bits per heavy atom. The van der Waals surface area contributed by atoms with Gasteiger partial charge in [-0.2, -0.15) is 0 Å². The number of fused-ring (bicyclic) bond motifs is 6. The zero-order valence-corrected chi connectivity index (χ0v) is 30.2. The number of hydrogen-bond acceptors (Lipinski definition) is 5. The van der Waals surface area contributed by atoms with Crippen molar-refractivity contribution in [3.8, 4) is 62.2 Å². The smallest absolute Gasteiger partial charge is 0.164 e. The summed E-state index contributed by atoms with van der Waals surface area (Å²) >= 11 is 0.